The number of likely N-dealkylation sites (tertiary alicyclic amines) is 1. The lowest BCUT2D eigenvalue weighted by Crippen LogP contribution is -2.24. The third-order valence-corrected chi connectivity index (χ3v) is 4.14. The molecule has 1 fully saturated rings. The van der Waals surface area contributed by atoms with Crippen molar-refractivity contribution >= 4 is 5.91 Å². The molecule has 0 aliphatic carbocycles. The number of rotatable bonds is 5. The Morgan fingerprint density at radius 3 is 2.95 bits per heavy atom. The van der Waals surface area contributed by atoms with Crippen LogP contribution in [0.25, 0.3) is 0 Å². The van der Waals surface area contributed by atoms with Crippen LogP contribution < -0.4 is 0 Å². The zero-order valence-electron chi connectivity index (χ0n) is 13.1. The van der Waals surface area contributed by atoms with E-state index in [-0.39, 0.29) is 11.8 Å². The van der Waals surface area contributed by atoms with E-state index in [0.29, 0.717) is 25.4 Å². The molecule has 1 saturated heterocycles. The van der Waals surface area contributed by atoms with Crippen LogP contribution in [0.3, 0.4) is 0 Å². The van der Waals surface area contributed by atoms with Crippen LogP contribution in [0.15, 0.2) is 28.8 Å². The van der Waals surface area contributed by atoms with E-state index in [1.165, 1.54) is 11.1 Å². The van der Waals surface area contributed by atoms with Gasteiger partial charge in [-0.15, -0.1) is 0 Å². The van der Waals surface area contributed by atoms with Gasteiger partial charge in [0.1, 0.15) is 0 Å². The lowest BCUT2D eigenvalue weighted by molar-refractivity contribution is -0.128. The van der Waals surface area contributed by atoms with E-state index >= 15 is 0 Å². The molecule has 116 valence electrons. The van der Waals surface area contributed by atoms with Crippen molar-refractivity contribution in [1.29, 1.82) is 0 Å². The van der Waals surface area contributed by atoms with Gasteiger partial charge in [0.25, 0.3) is 0 Å². The van der Waals surface area contributed by atoms with Gasteiger partial charge in [-0.05, 0) is 24.5 Å². The van der Waals surface area contributed by atoms with Gasteiger partial charge in [-0.2, -0.15) is 4.98 Å². The standard InChI is InChI=1S/C17H21N3O2/c1-3-6-15-18-17(22-19-15)14-9-16(21)20(11-14)10-13-8-5-4-7-12(13)2/h4-5,7-8,14H,3,6,9-11H2,1-2H3. The van der Waals surface area contributed by atoms with Gasteiger partial charge in [-0.25, -0.2) is 0 Å². The van der Waals surface area contributed by atoms with Crippen molar-refractivity contribution in [3.8, 4) is 0 Å². The molecule has 1 unspecified atom stereocenters. The molecule has 1 amide bonds. The van der Waals surface area contributed by atoms with Crippen molar-refractivity contribution < 1.29 is 9.32 Å². The monoisotopic (exact) mass is 299 g/mol. The van der Waals surface area contributed by atoms with Crippen LogP contribution in [0.5, 0.6) is 0 Å². The van der Waals surface area contributed by atoms with Gasteiger partial charge in [0.2, 0.25) is 11.8 Å². The first kappa shape index (κ1) is 14.8. The Hall–Kier alpha value is -2.17. The van der Waals surface area contributed by atoms with E-state index in [4.69, 9.17) is 4.52 Å². The molecule has 1 atom stereocenters. The first-order valence-corrected chi connectivity index (χ1v) is 7.82. The number of benzene rings is 1. The van der Waals surface area contributed by atoms with Crippen molar-refractivity contribution in [2.24, 2.45) is 0 Å². The highest BCUT2D eigenvalue weighted by Gasteiger charge is 2.34. The van der Waals surface area contributed by atoms with E-state index in [1.807, 2.05) is 17.0 Å². The Morgan fingerprint density at radius 2 is 2.18 bits per heavy atom. The Bertz CT molecular complexity index is 665. The number of nitrogens with zero attached hydrogens (tertiary/aromatic N) is 3. The topological polar surface area (TPSA) is 59.2 Å². The summed E-state index contributed by atoms with van der Waals surface area (Å²) in [4.78, 5) is 18.5. The van der Waals surface area contributed by atoms with Crippen molar-refractivity contribution in [2.45, 2.75) is 45.6 Å². The largest absolute Gasteiger partial charge is 0.339 e. The minimum atomic E-state index is 0.0228. The van der Waals surface area contributed by atoms with E-state index in [2.05, 4.69) is 36.1 Å². The molecule has 2 aromatic rings. The summed E-state index contributed by atoms with van der Waals surface area (Å²) in [5.41, 5.74) is 2.40. The van der Waals surface area contributed by atoms with Gasteiger partial charge < -0.3 is 9.42 Å². The Balaban J connectivity index is 1.69. The molecule has 5 nitrogen and oxygen atoms in total. The lowest BCUT2D eigenvalue weighted by atomic mass is 10.1. The second-order valence-corrected chi connectivity index (χ2v) is 5.90. The predicted octanol–water partition coefficient (Wildman–Crippen LogP) is 2.85. The smallest absolute Gasteiger partial charge is 0.232 e. The fraction of sp³-hybridized carbons (Fsp3) is 0.471. The molecular weight excluding hydrogens is 278 g/mol. The molecule has 1 aromatic carbocycles. The van der Waals surface area contributed by atoms with Crippen LogP contribution in [0.1, 0.15) is 48.5 Å². The second-order valence-electron chi connectivity index (χ2n) is 5.90. The molecule has 0 saturated carbocycles. The Morgan fingerprint density at radius 1 is 1.36 bits per heavy atom. The Labute approximate surface area is 130 Å². The first-order chi connectivity index (χ1) is 10.7. The molecule has 0 spiro atoms. The zero-order valence-corrected chi connectivity index (χ0v) is 13.1. The first-order valence-electron chi connectivity index (χ1n) is 7.82. The van der Waals surface area contributed by atoms with Gasteiger partial charge in [0.15, 0.2) is 5.82 Å². The highest BCUT2D eigenvalue weighted by molar-refractivity contribution is 5.79. The average Bonchev–Trinajstić information content (AvgIpc) is 3.09. The van der Waals surface area contributed by atoms with E-state index in [9.17, 15) is 4.79 Å². The lowest BCUT2D eigenvalue weighted by Gasteiger charge is -2.17. The van der Waals surface area contributed by atoms with Crippen LogP contribution in [-0.2, 0) is 17.8 Å². The highest BCUT2D eigenvalue weighted by atomic mass is 16.5. The number of aryl methyl sites for hydroxylation is 2. The molecule has 3 rings (SSSR count). The van der Waals surface area contributed by atoms with Crippen LogP contribution in [0, 0.1) is 6.92 Å². The number of carbonyl (C=O) groups is 1. The van der Waals surface area contributed by atoms with Crippen LogP contribution in [-0.4, -0.2) is 27.5 Å². The normalized spacial score (nSPS) is 18.2. The maximum atomic E-state index is 12.2. The van der Waals surface area contributed by atoms with E-state index in [0.717, 1.165) is 18.7 Å². The van der Waals surface area contributed by atoms with Gasteiger partial charge in [-0.3, -0.25) is 4.79 Å². The molecule has 0 N–H and O–H groups in total. The van der Waals surface area contributed by atoms with Crippen molar-refractivity contribution in [3.05, 3.63) is 47.1 Å². The van der Waals surface area contributed by atoms with Gasteiger partial charge in [-0.1, -0.05) is 36.3 Å². The fourth-order valence-electron chi connectivity index (χ4n) is 2.84. The second kappa shape index (κ2) is 6.30. The molecule has 2 heterocycles. The zero-order chi connectivity index (χ0) is 15.5. The number of hydrogen-bond donors (Lipinski definition) is 0. The summed E-state index contributed by atoms with van der Waals surface area (Å²) in [6, 6.07) is 8.17. The maximum absolute atomic E-state index is 12.2. The van der Waals surface area contributed by atoms with Crippen LogP contribution in [0.4, 0.5) is 0 Å². The summed E-state index contributed by atoms with van der Waals surface area (Å²) in [7, 11) is 0. The number of hydrogen-bond acceptors (Lipinski definition) is 4. The van der Waals surface area contributed by atoms with Gasteiger partial charge >= 0.3 is 0 Å². The molecule has 5 heteroatoms. The van der Waals surface area contributed by atoms with Crippen LogP contribution >= 0.6 is 0 Å². The summed E-state index contributed by atoms with van der Waals surface area (Å²) in [6.45, 7) is 5.46. The number of amides is 1. The van der Waals surface area contributed by atoms with E-state index < -0.39 is 0 Å². The van der Waals surface area contributed by atoms with E-state index in [1.54, 1.807) is 0 Å². The van der Waals surface area contributed by atoms with Gasteiger partial charge in [0.05, 0.1) is 5.92 Å². The van der Waals surface area contributed by atoms with Gasteiger partial charge in [0, 0.05) is 25.9 Å². The quantitative estimate of drug-likeness (QED) is 0.852. The summed E-state index contributed by atoms with van der Waals surface area (Å²) in [5.74, 6) is 1.52. The SMILES string of the molecule is CCCc1noc(C2CC(=O)N(Cc3ccccc3C)C2)n1. The molecule has 1 aromatic heterocycles. The number of carbonyl (C=O) groups excluding carboxylic acids is 1. The molecular formula is C17H21N3O2. The summed E-state index contributed by atoms with van der Waals surface area (Å²) >= 11 is 0. The summed E-state index contributed by atoms with van der Waals surface area (Å²) in [5, 5.41) is 3.98. The molecule has 22 heavy (non-hydrogen) atoms. The fourth-order valence-corrected chi connectivity index (χ4v) is 2.84. The van der Waals surface area contributed by atoms with Crippen LogP contribution in [0.2, 0.25) is 0 Å². The minimum absolute atomic E-state index is 0.0228. The van der Waals surface area contributed by atoms with Crippen molar-refractivity contribution in [2.75, 3.05) is 6.54 Å². The summed E-state index contributed by atoms with van der Waals surface area (Å²) < 4.78 is 5.33. The molecule has 1 aliphatic heterocycles. The molecule has 0 bridgehead atoms. The van der Waals surface area contributed by atoms with Crippen molar-refractivity contribution in [1.82, 2.24) is 15.0 Å². The highest BCUT2D eigenvalue weighted by Crippen LogP contribution is 2.28. The maximum Gasteiger partial charge on any atom is 0.232 e. The Kier molecular flexibility index (Phi) is 4.22. The third-order valence-electron chi connectivity index (χ3n) is 4.14. The predicted molar refractivity (Wildman–Crippen MR) is 82.2 cm³/mol. The third kappa shape index (κ3) is 3.03. The molecule has 0 radical (unpaired) electrons. The minimum Gasteiger partial charge on any atom is -0.339 e. The molecule has 1 aliphatic rings. The average molecular weight is 299 g/mol. The number of aromatic nitrogens is 2. The van der Waals surface area contributed by atoms with Crippen molar-refractivity contribution in [3.63, 3.8) is 0 Å². The summed E-state index contributed by atoms with van der Waals surface area (Å²) in [6.07, 6.45) is 2.26.